The fourth-order valence-corrected chi connectivity index (χ4v) is 2.86. The predicted molar refractivity (Wildman–Crippen MR) is 84.1 cm³/mol. The number of nitrogens with two attached hydrogens (primary N) is 1. The van der Waals surface area contributed by atoms with E-state index in [1.807, 2.05) is 0 Å². The van der Waals surface area contributed by atoms with Crippen molar-refractivity contribution in [1.29, 1.82) is 0 Å². The highest BCUT2D eigenvalue weighted by atomic mass is 32.2. The van der Waals surface area contributed by atoms with E-state index < -0.39 is 21.4 Å². The van der Waals surface area contributed by atoms with E-state index in [-0.39, 0.29) is 32.8 Å². The molecule has 0 aromatic heterocycles. The third kappa shape index (κ3) is 5.25. The summed E-state index contributed by atoms with van der Waals surface area (Å²) in [5.74, 6) is -0.592. The normalized spacial score (nSPS) is 12.0. The van der Waals surface area contributed by atoms with Crippen molar-refractivity contribution in [3.8, 4) is 0 Å². The summed E-state index contributed by atoms with van der Waals surface area (Å²) in [5.41, 5.74) is -4.08. The summed E-state index contributed by atoms with van der Waals surface area (Å²) in [6.07, 6.45) is 0. The first-order chi connectivity index (χ1) is 11.0. The van der Waals surface area contributed by atoms with Crippen LogP contribution >= 0.6 is 11.8 Å². The Kier molecular flexibility index (Phi) is 5.21. The number of sulfonamides is 1. The van der Waals surface area contributed by atoms with E-state index in [4.69, 9.17) is 5.14 Å². The van der Waals surface area contributed by atoms with Crippen LogP contribution in [0.1, 0.15) is 10.4 Å². The molecule has 0 bridgehead atoms. The highest BCUT2D eigenvalue weighted by Crippen LogP contribution is 2.36. The molecule has 0 aliphatic heterocycles. The Balaban J connectivity index is 2.13. The van der Waals surface area contributed by atoms with Crippen LogP contribution in [-0.2, 0) is 10.0 Å². The van der Waals surface area contributed by atoms with Gasteiger partial charge in [0, 0.05) is 16.1 Å². The van der Waals surface area contributed by atoms with E-state index >= 15 is 0 Å². The van der Waals surface area contributed by atoms with Gasteiger partial charge in [0.05, 0.1) is 4.90 Å². The maximum Gasteiger partial charge on any atom is 0.446 e. The van der Waals surface area contributed by atoms with E-state index in [2.05, 4.69) is 5.32 Å². The number of benzene rings is 2. The van der Waals surface area contributed by atoms with Crippen LogP contribution in [0.15, 0.2) is 58.3 Å². The van der Waals surface area contributed by atoms with Crippen LogP contribution in [0, 0.1) is 0 Å². The summed E-state index contributed by atoms with van der Waals surface area (Å²) >= 11 is -0.282. The molecule has 0 unspecified atom stereocenters. The van der Waals surface area contributed by atoms with Crippen molar-refractivity contribution in [1.82, 2.24) is 0 Å². The minimum Gasteiger partial charge on any atom is -0.322 e. The maximum atomic E-state index is 12.2. The first-order valence-corrected chi connectivity index (χ1v) is 8.71. The van der Waals surface area contributed by atoms with Gasteiger partial charge in [-0.1, -0.05) is 6.07 Å². The standard InChI is InChI=1S/C14H11F3N2O3S2/c15-14(16,17)23-11-6-4-9(5-7-11)13(20)19-10-2-1-3-12(8-10)24(18,21)22/h1-8H,(H,19,20)(H2,18,21,22). The zero-order chi connectivity index (χ0) is 18.0. The number of hydrogen-bond acceptors (Lipinski definition) is 4. The molecule has 3 N–H and O–H groups in total. The van der Waals surface area contributed by atoms with Gasteiger partial charge in [0.15, 0.2) is 0 Å². The molecule has 0 radical (unpaired) electrons. The maximum absolute atomic E-state index is 12.2. The monoisotopic (exact) mass is 376 g/mol. The lowest BCUT2D eigenvalue weighted by Gasteiger charge is -2.08. The highest BCUT2D eigenvalue weighted by molar-refractivity contribution is 8.00. The van der Waals surface area contributed by atoms with Gasteiger partial charge in [0.2, 0.25) is 10.0 Å². The van der Waals surface area contributed by atoms with Crippen molar-refractivity contribution in [2.75, 3.05) is 5.32 Å². The van der Waals surface area contributed by atoms with Crippen LogP contribution in [0.3, 0.4) is 0 Å². The lowest BCUT2D eigenvalue weighted by molar-refractivity contribution is -0.0328. The average molecular weight is 376 g/mol. The second-order valence-corrected chi connectivity index (χ2v) is 7.30. The summed E-state index contributed by atoms with van der Waals surface area (Å²) in [6, 6.07) is 10.1. The van der Waals surface area contributed by atoms with E-state index in [1.54, 1.807) is 0 Å². The third-order valence-corrected chi connectivity index (χ3v) is 4.42. The largest absolute Gasteiger partial charge is 0.446 e. The molecule has 5 nitrogen and oxygen atoms in total. The lowest BCUT2D eigenvalue weighted by Crippen LogP contribution is -2.14. The van der Waals surface area contributed by atoms with Gasteiger partial charge >= 0.3 is 5.51 Å². The third-order valence-electron chi connectivity index (χ3n) is 2.77. The Morgan fingerprint density at radius 1 is 1.08 bits per heavy atom. The van der Waals surface area contributed by atoms with Gasteiger partial charge in [-0.25, -0.2) is 13.6 Å². The second kappa shape index (κ2) is 6.83. The summed E-state index contributed by atoms with van der Waals surface area (Å²) < 4.78 is 59.3. The molecule has 2 aromatic rings. The molecule has 0 aliphatic carbocycles. The van der Waals surface area contributed by atoms with E-state index in [0.29, 0.717) is 0 Å². The molecule has 2 aromatic carbocycles. The molecule has 128 valence electrons. The van der Waals surface area contributed by atoms with Crippen LogP contribution in [0.5, 0.6) is 0 Å². The quantitative estimate of drug-likeness (QED) is 0.802. The van der Waals surface area contributed by atoms with E-state index in [0.717, 1.165) is 0 Å². The Bertz CT molecular complexity index is 850. The Morgan fingerprint density at radius 3 is 2.25 bits per heavy atom. The summed E-state index contributed by atoms with van der Waals surface area (Å²) in [4.78, 5) is 11.8. The predicted octanol–water partition coefficient (Wildman–Crippen LogP) is 3.20. The molecule has 0 fully saturated rings. The highest BCUT2D eigenvalue weighted by Gasteiger charge is 2.29. The molecule has 0 aliphatic rings. The van der Waals surface area contributed by atoms with Gasteiger partial charge in [-0.3, -0.25) is 4.79 Å². The van der Waals surface area contributed by atoms with Crippen LogP contribution in [0.2, 0.25) is 0 Å². The molecule has 0 saturated heterocycles. The molecule has 24 heavy (non-hydrogen) atoms. The number of carbonyl (C=O) groups excluding carboxylic acids is 1. The minimum absolute atomic E-state index is 0.0460. The molecule has 2 rings (SSSR count). The Morgan fingerprint density at radius 2 is 1.71 bits per heavy atom. The number of thioether (sulfide) groups is 1. The van der Waals surface area contributed by atoms with Gasteiger partial charge in [-0.05, 0) is 54.2 Å². The molecule has 0 spiro atoms. The molecular formula is C14H11F3N2O3S2. The number of amides is 1. The number of nitrogens with one attached hydrogen (secondary N) is 1. The minimum atomic E-state index is -4.40. The Hall–Kier alpha value is -2.04. The van der Waals surface area contributed by atoms with Crippen molar-refractivity contribution in [2.24, 2.45) is 5.14 Å². The first kappa shape index (κ1) is 18.3. The second-order valence-electron chi connectivity index (χ2n) is 4.60. The number of hydrogen-bond donors (Lipinski definition) is 2. The van der Waals surface area contributed by atoms with Crippen molar-refractivity contribution < 1.29 is 26.4 Å². The Labute approximate surface area is 140 Å². The summed E-state index contributed by atoms with van der Waals surface area (Å²) in [5, 5.41) is 7.45. The average Bonchev–Trinajstić information content (AvgIpc) is 2.45. The molecule has 0 atom stereocenters. The SMILES string of the molecule is NS(=O)(=O)c1cccc(NC(=O)c2ccc(SC(F)(F)F)cc2)c1. The zero-order valence-electron chi connectivity index (χ0n) is 11.9. The lowest BCUT2D eigenvalue weighted by atomic mass is 10.2. The van der Waals surface area contributed by atoms with Gasteiger partial charge in [-0.2, -0.15) is 13.2 Å². The van der Waals surface area contributed by atoms with Crippen molar-refractivity contribution in [3.05, 3.63) is 54.1 Å². The van der Waals surface area contributed by atoms with Crippen molar-refractivity contribution in [2.45, 2.75) is 15.3 Å². The van der Waals surface area contributed by atoms with Crippen LogP contribution in [-0.4, -0.2) is 19.8 Å². The molecule has 0 heterocycles. The number of alkyl halides is 3. The fourth-order valence-electron chi connectivity index (χ4n) is 1.76. The van der Waals surface area contributed by atoms with Crippen molar-refractivity contribution in [3.63, 3.8) is 0 Å². The van der Waals surface area contributed by atoms with E-state index in [1.165, 1.54) is 48.5 Å². The van der Waals surface area contributed by atoms with Gasteiger partial charge in [0.1, 0.15) is 0 Å². The molecular weight excluding hydrogens is 365 g/mol. The van der Waals surface area contributed by atoms with Crippen molar-refractivity contribution >= 4 is 33.4 Å². The van der Waals surface area contributed by atoms with Crippen LogP contribution in [0.25, 0.3) is 0 Å². The number of rotatable bonds is 4. The molecule has 10 heteroatoms. The number of anilines is 1. The number of halogens is 3. The van der Waals surface area contributed by atoms with Gasteiger partial charge < -0.3 is 5.32 Å². The number of carbonyl (C=O) groups is 1. The van der Waals surface area contributed by atoms with E-state index in [9.17, 15) is 26.4 Å². The summed E-state index contributed by atoms with van der Waals surface area (Å²) in [6.45, 7) is 0. The smallest absolute Gasteiger partial charge is 0.322 e. The van der Waals surface area contributed by atoms with Gasteiger partial charge in [0.25, 0.3) is 5.91 Å². The molecule has 1 amide bonds. The first-order valence-electron chi connectivity index (χ1n) is 6.35. The number of primary sulfonamides is 1. The summed E-state index contributed by atoms with van der Waals surface area (Å²) in [7, 11) is -3.91. The molecule has 0 saturated carbocycles. The van der Waals surface area contributed by atoms with Crippen LogP contribution < -0.4 is 10.5 Å². The fraction of sp³-hybridized carbons (Fsp3) is 0.0714. The van der Waals surface area contributed by atoms with Gasteiger partial charge in [-0.15, -0.1) is 0 Å². The topological polar surface area (TPSA) is 89.3 Å². The zero-order valence-corrected chi connectivity index (χ0v) is 13.5. The van der Waals surface area contributed by atoms with Crippen LogP contribution in [0.4, 0.5) is 18.9 Å².